The first-order valence-corrected chi connectivity index (χ1v) is 3.08. The van der Waals surface area contributed by atoms with E-state index in [0.29, 0.717) is 0 Å². The van der Waals surface area contributed by atoms with Gasteiger partial charge in [0.1, 0.15) is 5.76 Å². The number of nitrogens with two attached hydrogens (primary N) is 1. The van der Waals surface area contributed by atoms with Crippen molar-refractivity contribution in [2.75, 3.05) is 6.61 Å². The van der Waals surface area contributed by atoms with Crippen LogP contribution in [0.25, 0.3) is 0 Å². The lowest BCUT2D eigenvalue weighted by Crippen LogP contribution is -1.87. The molecule has 50 valence electrons. The van der Waals surface area contributed by atoms with Gasteiger partial charge in [-0.1, -0.05) is 6.08 Å². The first-order chi connectivity index (χ1) is 4.38. The van der Waals surface area contributed by atoms with E-state index in [1.165, 1.54) is 11.8 Å². The highest BCUT2D eigenvalue weighted by molar-refractivity contribution is 5.27. The van der Waals surface area contributed by atoms with Crippen LogP contribution in [0, 0.1) is 0 Å². The second-order valence-corrected chi connectivity index (χ2v) is 1.94. The van der Waals surface area contributed by atoms with Gasteiger partial charge in [-0.25, -0.2) is 0 Å². The predicted octanol–water partition coefficient (Wildman–Crippen LogP) is 1.15. The number of hydrogen-bond acceptors (Lipinski definition) is 2. The summed E-state index contributed by atoms with van der Waals surface area (Å²) in [6, 6.07) is 0. The van der Waals surface area contributed by atoms with E-state index >= 15 is 0 Å². The third-order valence-corrected chi connectivity index (χ3v) is 1.45. The van der Waals surface area contributed by atoms with Crippen molar-refractivity contribution in [2.45, 2.75) is 13.3 Å². The molecule has 2 nitrogen and oxygen atoms in total. The van der Waals surface area contributed by atoms with E-state index in [1.807, 2.05) is 13.0 Å². The molecule has 0 saturated carbocycles. The van der Waals surface area contributed by atoms with Crippen LogP contribution in [0.5, 0.6) is 0 Å². The molecule has 0 bridgehead atoms. The molecule has 0 aliphatic carbocycles. The quantitative estimate of drug-likeness (QED) is 0.527. The normalized spacial score (nSPS) is 27.2. The molecule has 0 aromatic carbocycles. The standard InChI is InChI=1S/C7H11NO/c1-2-6-3-4-9-7(6)5-8/h2,5H,3-4,8H2,1H3/b6-2-,7-5+. The average Bonchev–Trinajstić information content (AvgIpc) is 2.33. The molecule has 1 heterocycles. The summed E-state index contributed by atoms with van der Waals surface area (Å²) in [4.78, 5) is 0. The molecular weight excluding hydrogens is 114 g/mol. The van der Waals surface area contributed by atoms with Gasteiger partial charge in [-0.3, -0.25) is 0 Å². The zero-order chi connectivity index (χ0) is 6.69. The summed E-state index contributed by atoms with van der Waals surface area (Å²) in [7, 11) is 0. The van der Waals surface area contributed by atoms with Crippen molar-refractivity contribution in [3.63, 3.8) is 0 Å². The first kappa shape index (κ1) is 6.20. The lowest BCUT2D eigenvalue weighted by atomic mass is 10.2. The highest BCUT2D eigenvalue weighted by Gasteiger charge is 2.11. The summed E-state index contributed by atoms with van der Waals surface area (Å²) >= 11 is 0. The predicted molar refractivity (Wildman–Crippen MR) is 36.6 cm³/mol. The van der Waals surface area contributed by atoms with Gasteiger partial charge in [-0.2, -0.15) is 0 Å². The summed E-state index contributed by atoms with van der Waals surface area (Å²) < 4.78 is 5.17. The van der Waals surface area contributed by atoms with Crippen LogP contribution in [-0.2, 0) is 4.74 Å². The van der Waals surface area contributed by atoms with Crippen molar-refractivity contribution in [2.24, 2.45) is 5.73 Å². The maximum absolute atomic E-state index is 5.27. The Morgan fingerprint density at radius 1 is 1.67 bits per heavy atom. The summed E-state index contributed by atoms with van der Waals surface area (Å²) in [5.41, 5.74) is 6.49. The molecule has 0 spiro atoms. The number of rotatable bonds is 0. The monoisotopic (exact) mass is 125 g/mol. The van der Waals surface area contributed by atoms with E-state index in [9.17, 15) is 0 Å². The third-order valence-electron chi connectivity index (χ3n) is 1.45. The van der Waals surface area contributed by atoms with Gasteiger partial charge < -0.3 is 10.5 Å². The fraction of sp³-hybridized carbons (Fsp3) is 0.429. The van der Waals surface area contributed by atoms with Gasteiger partial charge in [-0.05, 0) is 12.5 Å². The number of hydrogen-bond donors (Lipinski definition) is 1. The van der Waals surface area contributed by atoms with Gasteiger partial charge in [0.05, 0.1) is 6.61 Å². The average molecular weight is 125 g/mol. The van der Waals surface area contributed by atoms with Gasteiger partial charge >= 0.3 is 0 Å². The molecule has 0 radical (unpaired) electrons. The summed E-state index contributed by atoms with van der Waals surface area (Å²) in [6.07, 6.45) is 4.55. The minimum Gasteiger partial charge on any atom is -0.491 e. The molecule has 0 atom stereocenters. The van der Waals surface area contributed by atoms with E-state index in [1.54, 1.807) is 0 Å². The SMILES string of the molecule is C/C=C1/CCO/C1=C/N. The van der Waals surface area contributed by atoms with E-state index in [4.69, 9.17) is 10.5 Å². The van der Waals surface area contributed by atoms with Gasteiger partial charge in [0.15, 0.2) is 0 Å². The zero-order valence-corrected chi connectivity index (χ0v) is 5.55. The van der Waals surface area contributed by atoms with Crippen molar-refractivity contribution in [1.82, 2.24) is 0 Å². The maximum atomic E-state index is 5.27. The maximum Gasteiger partial charge on any atom is 0.137 e. The molecule has 0 unspecified atom stereocenters. The number of ether oxygens (including phenoxy) is 1. The van der Waals surface area contributed by atoms with Crippen LogP contribution in [0.2, 0.25) is 0 Å². The Morgan fingerprint density at radius 3 is 2.89 bits per heavy atom. The molecule has 0 amide bonds. The topological polar surface area (TPSA) is 35.2 Å². The highest BCUT2D eigenvalue weighted by atomic mass is 16.5. The minimum absolute atomic E-state index is 0.780. The van der Waals surface area contributed by atoms with Gasteiger partial charge in [0.2, 0.25) is 0 Å². The van der Waals surface area contributed by atoms with Crippen molar-refractivity contribution in [3.8, 4) is 0 Å². The molecule has 9 heavy (non-hydrogen) atoms. The van der Waals surface area contributed by atoms with Crippen LogP contribution < -0.4 is 5.73 Å². The van der Waals surface area contributed by atoms with Crippen molar-refractivity contribution in [3.05, 3.63) is 23.6 Å². The second-order valence-electron chi connectivity index (χ2n) is 1.94. The smallest absolute Gasteiger partial charge is 0.137 e. The van der Waals surface area contributed by atoms with Crippen LogP contribution in [0.15, 0.2) is 23.6 Å². The minimum atomic E-state index is 0.780. The fourth-order valence-electron chi connectivity index (χ4n) is 0.929. The lowest BCUT2D eigenvalue weighted by Gasteiger charge is -1.94. The Labute approximate surface area is 55.0 Å². The molecule has 1 rings (SSSR count). The lowest BCUT2D eigenvalue weighted by molar-refractivity contribution is 0.265. The third kappa shape index (κ3) is 1.07. The Bertz CT molecular complexity index is 140. The molecule has 1 aliphatic rings. The largest absolute Gasteiger partial charge is 0.491 e. The molecule has 2 N–H and O–H groups in total. The van der Waals surface area contributed by atoms with E-state index in [0.717, 1.165) is 18.8 Å². The van der Waals surface area contributed by atoms with E-state index < -0.39 is 0 Å². The summed E-state index contributed by atoms with van der Waals surface area (Å²) in [5, 5.41) is 0. The van der Waals surface area contributed by atoms with Crippen LogP contribution in [0.1, 0.15) is 13.3 Å². The van der Waals surface area contributed by atoms with Gasteiger partial charge in [0.25, 0.3) is 0 Å². The molecule has 1 saturated heterocycles. The van der Waals surface area contributed by atoms with Crippen molar-refractivity contribution < 1.29 is 4.74 Å². The Hall–Kier alpha value is -0.920. The summed E-state index contributed by atoms with van der Waals surface area (Å²) in [5.74, 6) is 0.845. The summed E-state index contributed by atoms with van der Waals surface area (Å²) in [6.45, 7) is 2.77. The van der Waals surface area contributed by atoms with Crippen LogP contribution >= 0.6 is 0 Å². The molecule has 1 aliphatic heterocycles. The van der Waals surface area contributed by atoms with Crippen LogP contribution in [0.4, 0.5) is 0 Å². The van der Waals surface area contributed by atoms with Crippen LogP contribution in [0.3, 0.4) is 0 Å². The zero-order valence-electron chi connectivity index (χ0n) is 5.55. The molecule has 1 fully saturated rings. The second kappa shape index (κ2) is 2.58. The van der Waals surface area contributed by atoms with Crippen LogP contribution in [-0.4, -0.2) is 6.61 Å². The molecule has 0 aromatic rings. The van der Waals surface area contributed by atoms with E-state index in [-0.39, 0.29) is 0 Å². The van der Waals surface area contributed by atoms with Crippen molar-refractivity contribution >= 4 is 0 Å². The molecule has 2 heteroatoms. The van der Waals surface area contributed by atoms with E-state index in [2.05, 4.69) is 0 Å². The Balaban J connectivity index is 2.75. The fourth-order valence-corrected chi connectivity index (χ4v) is 0.929. The van der Waals surface area contributed by atoms with Gasteiger partial charge in [0, 0.05) is 12.6 Å². The molecular formula is C7H11NO. The highest BCUT2D eigenvalue weighted by Crippen LogP contribution is 2.21. The van der Waals surface area contributed by atoms with Gasteiger partial charge in [-0.15, -0.1) is 0 Å². The number of allylic oxidation sites excluding steroid dienone is 2. The Morgan fingerprint density at radius 2 is 2.44 bits per heavy atom. The first-order valence-electron chi connectivity index (χ1n) is 3.08. The Kier molecular flexibility index (Phi) is 1.78. The molecule has 0 aromatic heterocycles. The van der Waals surface area contributed by atoms with Crippen molar-refractivity contribution in [1.29, 1.82) is 0 Å².